The number of rotatable bonds is 3. The smallest absolute Gasteiger partial charge is 0.404 e. The van der Waals surface area contributed by atoms with Gasteiger partial charge in [0, 0.05) is 12.0 Å². The van der Waals surface area contributed by atoms with Gasteiger partial charge in [0.25, 0.3) is 0 Å². The summed E-state index contributed by atoms with van der Waals surface area (Å²) < 4.78 is 27.6. The second kappa shape index (κ2) is 4.70. The van der Waals surface area contributed by atoms with Crippen LogP contribution in [-0.2, 0) is 5.41 Å². The molecule has 0 unspecified atom stereocenters. The van der Waals surface area contributed by atoms with Crippen LogP contribution in [0, 0.1) is 23.5 Å². The molecule has 2 fully saturated rings. The van der Waals surface area contributed by atoms with E-state index < -0.39 is 23.1 Å². The lowest BCUT2D eigenvalue weighted by molar-refractivity contribution is 0.192. The molecule has 0 spiro atoms. The van der Waals surface area contributed by atoms with Crippen molar-refractivity contribution in [2.24, 2.45) is 11.8 Å². The highest BCUT2D eigenvalue weighted by atomic mass is 19.1. The second-order valence-electron chi connectivity index (χ2n) is 5.53. The minimum absolute atomic E-state index is 0.125. The average Bonchev–Trinajstić information content (AvgIpc) is 3.08. The van der Waals surface area contributed by atoms with Crippen molar-refractivity contribution in [3.63, 3.8) is 0 Å². The van der Waals surface area contributed by atoms with E-state index in [0.29, 0.717) is 12.1 Å². The van der Waals surface area contributed by atoms with Crippen molar-refractivity contribution in [3.05, 3.63) is 35.4 Å². The fourth-order valence-corrected chi connectivity index (χ4v) is 3.74. The molecule has 20 heavy (non-hydrogen) atoms. The van der Waals surface area contributed by atoms with Crippen molar-refractivity contribution >= 4 is 6.09 Å². The summed E-state index contributed by atoms with van der Waals surface area (Å²) in [4.78, 5) is 10.8. The third kappa shape index (κ3) is 1.95. The number of carbonyl (C=O) groups is 1. The summed E-state index contributed by atoms with van der Waals surface area (Å²) in [6.45, 7) is 1.66. The number of carboxylic acid groups (broad SMARTS) is 1. The normalized spacial score (nSPS) is 31.5. The Kier molecular flexibility index (Phi) is 3.12. The van der Waals surface area contributed by atoms with Gasteiger partial charge in [0.2, 0.25) is 0 Å². The summed E-state index contributed by atoms with van der Waals surface area (Å²) in [7, 11) is 0. The van der Waals surface area contributed by atoms with E-state index in [1.807, 2.05) is 0 Å². The first-order valence-electron chi connectivity index (χ1n) is 6.69. The zero-order valence-corrected chi connectivity index (χ0v) is 10.8. The lowest BCUT2D eigenvalue weighted by Gasteiger charge is -2.19. The number of amides is 1. The van der Waals surface area contributed by atoms with E-state index in [9.17, 15) is 13.6 Å². The van der Waals surface area contributed by atoms with E-state index in [0.717, 1.165) is 25.1 Å². The van der Waals surface area contributed by atoms with Gasteiger partial charge in [0.15, 0.2) is 0 Å². The van der Waals surface area contributed by atoms with Crippen molar-refractivity contribution in [1.29, 1.82) is 0 Å². The lowest BCUT2D eigenvalue weighted by Crippen LogP contribution is -2.34. The fourth-order valence-electron chi connectivity index (χ4n) is 3.74. The van der Waals surface area contributed by atoms with E-state index in [1.165, 1.54) is 6.07 Å². The fraction of sp³-hybridized carbons (Fsp3) is 0.500. The average molecular weight is 282 g/mol. The number of benzene rings is 1. The summed E-state index contributed by atoms with van der Waals surface area (Å²) in [5.74, 6) is -0.605. The first kappa shape index (κ1) is 13.3. The minimum Gasteiger partial charge on any atom is -0.465 e. The van der Waals surface area contributed by atoms with Crippen molar-refractivity contribution in [1.82, 2.24) is 10.6 Å². The Balaban J connectivity index is 1.98. The van der Waals surface area contributed by atoms with Crippen molar-refractivity contribution in [2.75, 3.05) is 19.6 Å². The zero-order chi connectivity index (χ0) is 14.3. The van der Waals surface area contributed by atoms with Gasteiger partial charge >= 0.3 is 6.09 Å². The van der Waals surface area contributed by atoms with Gasteiger partial charge in [-0.15, -0.1) is 0 Å². The molecule has 1 aromatic carbocycles. The Bertz CT molecular complexity index is 538. The molecule has 3 rings (SSSR count). The molecular formula is C14H16F2N2O2. The minimum atomic E-state index is -1.14. The number of nitrogens with one attached hydrogen (secondary N) is 2. The number of hydrogen-bond donors (Lipinski definition) is 3. The van der Waals surface area contributed by atoms with E-state index in [4.69, 9.17) is 5.11 Å². The number of hydrogen-bond acceptors (Lipinski definition) is 2. The summed E-state index contributed by atoms with van der Waals surface area (Å²) in [5, 5.41) is 14.4. The summed E-state index contributed by atoms with van der Waals surface area (Å²) in [6, 6.07) is 3.41. The quantitative estimate of drug-likeness (QED) is 0.791. The number of fused-ring (bicyclic) bond motifs is 1. The second-order valence-corrected chi connectivity index (χ2v) is 5.53. The highest BCUT2D eigenvalue weighted by molar-refractivity contribution is 5.65. The van der Waals surface area contributed by atoms with Crippen molar-refractivity contribution in [3.8, 4) is 0 Å². The van der Waals surface area contributed by atoms with Crippen molar-refractivity contribution in [2.45, 2.75) is 11.8 Å². The molecule has 1 aromatic rings. The van der Waals surface area contributed by atoms with Crippen molar-refractivity contribution < 1.29 is 18.7 Å². The highest BCUT2D eigenvalue weighted by Crippen LogP contribution is 2.62. The van der Waals surface area contributed by atoms with Gasteiger partial charge in [0.05, 0.1) is 0 Å². The Morgan fingerprint density at radius 1 is 1.45 bits per heavy atom. The van der Waals surface area contributed by atoms with Crippen LogP contribution in [0.5, 0.6) is 0 Å². The molecule has 1 aliphatic carbocycles. The predicted molar refractivity (Wildman–Crippen MR) is 68.5 cm³/mol. The predicted octanol–water partition coefficient (Wildman–Crippen LogP) is 1.71. The van der Waals surface area contributed by atoms with Crippen LogP contribution in [0.3, 0.4) is 0 Å². The van der Waals surface area contributed by atoms with Crippen LogP contribution in [0.25, 0.3) is 0 Å². The molecule has 3 atom stereocenters. The van der Waals surface area contributed by atoms with Gasteiger partial charge in [-0.2, -0.15) is 0 Å². The van der Waals surface area contributed by atoms with Gasteiger partial charge in [-0.1, -0.05) is 0 Å². The molecule has 0 aromatic heterocycles. The molecule has 1 heterocycles. The molecule has 0 bridgehead atoms. The molecule has 2 aliphatic rings. The SMILES string of the molecule is O=C(O)NC[C@]1(c2cc(F)ccc2F)[C@@H]2CCNC[C@@H]21. The third-order valence-electron chi connectivity index (χ3n) is 4.66. The van der Waals surface area contributed by atoms with Gasteiger partial charge in [-0.05, 0) is 55.1 Å². The summed E-state index contributed by atoms with van der Waals surface area (Å²) in [6.07, 6.45) is -0.292. The zero-order valence-electron chi connectivity index (χ0n) is 10.8. The molecule has 6 heteroatoms. The Hall–Kier alpha value is -1.69. The lowest BCUT2D eigenvalue weighted by atomic mass is 9.90. The van der Waals surface area contributed by atoms with Gasteiger partial charge in [0.1, 0.15) is 11.6 Å². The van der Waals surface area contributed by atoms with E-state index in [-0.39, 0.29) is 18.4 Å². The molecule has 3 N–H and O–H groups in total. The molecule has 1 saturated carbocycles. The summed E-state index contributed by atoms with van der Waals surface area (Å²) >= 11 is 0. The molecule has 108 valence electrons. The van der Waals surface area contributed by atoms with Gasteiger partial charge in [-0.3, -0.25) is 0 Å². The van der Waals surface area contributed by atoms with E-state index in [2.05, 4.69) is 10.6 Å². The van der Waals surface area contributed by atoms with Crippen LogP contribution in [0.15, 0.2) is 18.2 Å². The molecule has 1 aliphatic heterocycles. The maximum absolute atomic E-state index is 14.1. The van der Waals surface area contributed by atoms with Crippen LogP contribution in [0.4, 0.5) is 13.6 Å². The topological polar surface area (TPSA) is 61.4 Å². The van der Waals surface area contributed by atoms with Crippen LogP contribution < -0.4 is 10.6 Å². The highest BCUT2D eigenvalue weighted by Gasteiger charge is 2.66. The van der Waals surface area contributed by atoms with Gasteiger partial charge < -0.3 is 15.7 Å². The Morgan fingerprint density at radius 3 is 2.90 bits per heavy atom. The molecule has 4 nitrogen and oxygen atoms in total. The number of halogens is 2. The maximum atomic E-state index is 14.1. The first-order chi connectivity index (χ1) is 9.55. The Morgan fingerprint density at radius 2 is 2.25 bits per heavy atom. The maximum Gasteiger partial charge on any atom is 0.404 e. The third-order valence-corrected chi connectivity index (χ3v) is 4.66. The molecule has 1 saturated heterocycles. The molecular weight excluding hydrogens is 266 g/mol. The molecule has 0 radical (unpaired) electrons. The van der Waals surface area contributed by atoms with Gasteiger partial charge in [-0.25, -0.2) is 13.6 Å². The Labute approximate surface area is 115 Å². The monoisotopic (exact) mass is 282 g/mol. The van der Waals surface area contributed by atoms with Crippen LogP contribution in [0.2, 0.25) is 0 Å². The first-order valence-corrected chi connectivity index (χ1v) is 6.69. The van der Waals surface area contributed by atoms with Crippen LogP contribution >= 0.6 is 0 Å². The number of piperidine rings is 1. The largest absolute Gasteiger partial charge is 0.465 e. The van der Waals surface area contributed by atoms with E-state index in [1.54, 1.807) is 0 Å². The molecule has 1 amide bonds. The van der Waals surface area contributed by atoms with Crippen LogP contribution in [0.1, 0.15) is 12.0 Å². The summed E-state index contributed by atoms with van der Waals surface area (Å²) in [5.41, 5.74) is -0.321. The standard InChI is InChI=1S/C14H16F2N2O2/c15-8-1-2-12(16)10(5-8)14(7-18-13(19)20)9-3-4-17-6-11(9)14/h1-2,5,9,11,17-18H,3-4,6-7H2,(H,19,20)/t9-,11+,14-/m1/s1. The van der Waals surface area contributed by atoms with Crippen LogP contribution in [-0.4, -0.2) is 30.8 Å². The van der Waals surface area contributed by atoms with E-state index >= 15 is 0 Å².